The van der Waals surface area contributed by atoms with Crippen LogP contribution in [0.4, 0.5) is 0 Å². The molecule has 1 saturated heterocycles. The largest absolute Gasteiger partial charge is 0.321 e. The third-order valence-electron chi connectivity index (χ3n) is 4.91. The lowest BCUT2D eigenvalue weighted by atomic mass is 10.0. The number of rotatable bonds is 4. The summed E-state index contributed by atoms with van der Waals surface area (Å²) < 4.78 is 0. The summed E-state index contributed by atoms with van der Waals surface area (Å²) in [6, 6.07) is 10.3. The van der Waals surface area contributed by atoms with Crippen LogP contribution in [0.25, 0.3) is 0 Å². The van der Waals surface area contributed by atoms with Crippen molar-refractivity contribution in [2.45, 2.75) is 51.7 Å². The van der Waals surface area contributed by atoms with E-state index in [4.69, 9.17) is 0 Å². The second kappa shape index (κ2) is 6.18. The number of carbonyl (C=O) groups excluding carboxylic acids is 1. The maximum Gasteiger partial charge on any atom is 0.241 e. The summed E-state index contributed by atoms with van der Waals surface area (Å²) in [5, 5.41) is 3.56. The van der Waals surface area contributed by atoms with Gasteiger partial charge in [-0.3, -0.25) is 10.1 Å². The molecule has 0 spiro atoms. The summed E-state index contributed by atoms with van der Waals surface area (Å²) in [6.45, 7) is 5.15. The Bertz CT molecular complexity index is 479. The molecule has 0 radical (unpaired) electrons. The summed E-state index contributed by atoms with van der Waals surface area (Å²) in [6.07, 6.45) is 5.25. The number of carbonyl (C=O) groups is 1. The summed E-state index contributed by atoms with van der Waals surface area (Å²) in [5.74, 6) is 1.30. The Hall–Kier alpha value is -1.35. The van der Waals surface area contributed by atoms with E-state index in [9.17, 15) is 4.79 Å². The molecule has 1 saturated carbocycles. The smallest absolute Gasteiger partial charge is 0.241 e. The van der Waals surface area contributed by atoms with Crippen molar-refractivity contribution in [1.82, 2.24) is 10.2 Å². The van der Waals surface area contributed by atoms with Crippen molar-refractivity contribution < 1.29 is 4.79 Å². The Morgan fingerprint density at radius 2 is 1.86 bits per heavy atom. The first kappa shape index (κ1) is 14.6. The maximum absolute atomic E-state index is 12.8. The van der Waals surface area contributed by atoms with Gasteiger partial charge in [0.05, 0.1) is 6.04 Å². The minimum atomic E-state index is -0.0448. The third kappa shape index (κ3) is 2.98. The molecule has 1 aromatic carbocycles. The molecule has 0 aromatic heterocycles. The molecule has 21 heavy (non-hydrogen) atoms. The minimum absolute atomic E-state index is 0.0448. The highest BCUT2D eigenvalue weighted by Gasteiger charge is 2.41. The highest BCUT2D eigenvalue weighted by molar-refractivity contribution is 5.84. The molecule has 1 aliphatic carbocycles. The Balaban J connectivity index is 1.82. The van der Waals surface area contributed by atoms with Gasteiger partial charge in [-0.1, -0.05) is 57.0 Å². The average molecular weight is 286 g/mol. The van der Waals surface area contributed by atoms with Crippen LogP contribution in [-0.4, -0.2) is 23.4 Å². The minimum Gasteiger partial charge on any atom is -0.321 e. The molecule has 3 heteroatoms. The van der Waals surface area contributed by atoms with Crippen LogP contribution in [0, 0.1) is 11.8 Å². The van der Waals surface area contributed by atoms with Crippen LogP contribution in [0.5, 0.6) is 0 Å². The van der Waals surface area contributed by atoms with Gasteiger partial charge < -0.3 is 4.90 Å². The maximum atomic E-state index is 12.8. The zero-order valence-corrected chi connectivity index (χ0v) is 13.1. The number of amides is 1. The van der Waals surface area contributed by atoms with E-state index >= 15 is 0 Å². The summed E-state index contributed by atoms with van der Waals surface area (Å²) in [5.41, 5.74) is 1.20. The molecule has 2 unspecified atom stereocenters. The highest BCUT2D eigenvalue weighted by Crippen LogP contribution is 2.32. The van der Waals surface area contributed by atoms with E-state index in [1.807, 2.05) is 6.07 Å². The van der Waals surface area contributed by atoms with Gasteiger partial charge in [0, 0.05) is 6.54 Å². The Morgan fingerprint density at radius 3 is 2.48 bits per heavy atom. The van der Waals surface area contributed by atoms with Crippen LogP contribution < -0.4 is 5.32 Å². The molecule has 2 fully saturated rings. The third-order valence-corrected chi connectivity index (χ3v) is 4.91. The number of nitrogens with one attached hydrogen (secondary N) is 1. The molecule has 1 heterocycles. The standard InChI is InChI=1S/C18H26N2O/c1-13(2)16-18(21)20(12-14-8-6-7-9-14)17(19-16)15-10-4-3-5-11-15/h3-5,10-11,13-14,16-17,19H,6-9,12H2,1-2H3. The van der Waals surface area contributed by atoms with Gasteiger partial charge in [-0.2, -0.15) is 0 Å². The van der Waals surface area contributed by atoms with Crippen LogP contribution in [0.1, 0.15) is 51.3 Å². The lowest BCUT2D eigenvalue weighted by Crippen LogP contribution is -2.36. The van der Waals surface area contributed by atoms with Crippen LogP contribution >= 0.6 is 0 Å². The van der Waals surface area contributed by atoms with E-state index < -0.39 is 0 Å². The zero-order valence-electron chi connectivity index (χ0n) is 13.1. The first-order chi connectivity index (χ1) is 10.2. The fourth-order valence-corrected chi connectivity index (χ4v) is 3.69. The first-order valence-electron chi connectivity index (χ1n) is 8.28. The fourth-order valence-electron chi connectivity index (χ4n) is 3.69. The second-order valence-corrected chi connectivity index (χ2v) is 6.84. The van der Waals surface area contributed by atoms with E-state index in [0.29, 0.717) is 11.8 Å². The second-order valence-electron chi connectivity index (χ2n) is 6.84. The van der Waals surface area contributed by atoms with Crippen molar-refractivity contribution in [3.63, 3.8) is 0 Å². The monoisotopic (exact) mass is 286 g/mol. The highest BCUT2D eigenvalue weighted by atomic mass is 16.2. The zero-order chi connectivity index (χ0) is 14.8. The molecule has 1 N–H and O–H groups in total. The summed E-state index contributed by atoms with van der Waals surface area (Å²) in [4.78, 5) is 14.9. The molecular weight excluding hydrogens is 260 g/mol. The van der Waals surface area contributed by atoms with Crippen LogP contribution in [0.2, 0.25) is 0 Å². The van der Waals surface area contributed by atoms with Gasteiger partial charge in [-0.25, -0.2) is 0 Å². The van der Waals surface area contributed by atoms with E-state index in [2.05, 4.69) is 48.3 Å². The Labute approximate surface area is 127 Å². The van der Waals surface area contributed by atoms with Gasteiger partial charge in [0.1, 0.15) is 6.17 Å². The normalized spacial score (nSPS) is 27.0. The number of benzene rings is 1. The molecular formula is C18H26N2O. The van der Waals surface area contributed by atoms with E-state index in [-0.39, 0.29) is 18.1 Å². The first-order valence-corrected chi connectivity index (χ1v) is 8.28. The molecule has 3 rings (SSSR count). The summed E-state index contributed by atoms with van der Waals surface area (Å²) >= 11 is 0. The van der Waals surface area contributed by atoms with Gasteiger partial charge in [0.25, 0.3) is 0 Å². The molecule has 114 valence electrons. The van der Waals surface area contributed by atoms with E-state index in [1.165, 1.54) is 31.2 Å². The van der Waals surface area contributed by atoms with Crippen molar-refractivity contribution in [2.75, 3.05) is 6.54 Å². The lowest BCUT2D eigenvalue weighted by molar-refractivity contribution is -0.131. The molecule has 2 atom stereocenters. The van der Waals surface area contributed by atoms with Crippen molar-refractivity contribution in [1.29, 1.82) is 0 Å². The molecule has 0 bridgehead atoms. The molecule has 1 aromatic rings. The predicted octanol–water partition coefficient (Wildman–Crippen LogP) is 3.33. The van der Waals surface area contributed by atoms with Crippen LogP contribution in [0.3, 0.4) is 0 Å². The van der Waals surface area contributed by atoms with Gasteiger partial charge in [-0.15, -0.1) is 0 Å². The van der Waals surface area contributed by atoms with E-state index in [1.54, 1.807) is 0 Å². The van der Waals surface area contributed by atoms with Crippen molar-refractivity contribution in [3.05, 3.63) is 35.9 Å². The van der Waals surface area contributed by atoms with Gasteiger partial charge in [-0.05, 0) is 30.2 Å². The lowest BCUT2D eigenvalue weighted by Gasteiger charge is -2.27. The molecule has 1 amide bonds. The van der Waals surface area contributed by atoms with Gasteiger partial charge in [0.15, 0.2) is 0 Å². The Kier molecular flexibility index (Phi) is 4.29. The van der Waals surface area contributed by atoms with Crippen LogP contribution in [-0.2, 0) is 4.79 Å². The van der Waals surface area contributed by atoms with Gasteiger partial charge >= 0.3 is 0 Å². The summed E-state index contributed by atoms with van der Waals surface area (Å²) in [7, 11) is 0. The molecule has 2 aliphatic rings. The topological polar surface area (TPSA) is 32.3 Å². The number of nitrogens with zero attached hydrogens (tertiary/aromatic N) is 1. The Morgan fingerprint density at radius 1 is 1.19 bits per heavy atom. The van der Waals surface area contributed by atoms with Gasteiger partial charge in [0.2, 0.25) is 5.91 Å². The van der Waals surface area contributed by atoms with Crippen molar-refractivity contribution >= 4 is 5.91 Å². The average Bonchev–Trinajstić information content (AvgIpc) is 3.10. The fraction of sp³-hybridized carbons (Fsp3) is 0.611. The number of hydrogen-bond acceptors (Lipinski definition) is 2. The SMILES string of the molecule is CC(C)C1NC(c2ccccc2)N(CC2CCCC2)C1=O. The number of hydrogen-bond donors (Lipinski definition) is 1. The van der Waals surface area contributed by atoms with Crippen LogP contribution in [0.15, 0.2) is 30.3 Å². The van der Waals surface area contributed by atoms with E-state index in [0.717, 1.165) is 6.54 Å². The van der Waals surface area contributed by atoms with Crippen molar-refractivity contribution in [3.8, 4) is 0 Å². The quantitative estimate of drug-likeness (QED) is 0.921. The molecule has 3 nitrogen and oxygen atoms in total. The molecule has 1 aliphatic heterocycles. The predicted molar refractivity (Wildman–Crippen MR) is 84.6 cm³/mol. The van der Waals surface area contributed by atoms with Crippen molar-refractivity contribution in [2.24, 2.45) is 11.8 Å².